The largest absolute Gasteiger partial charge is 0.303 e. The van der Waals surface area contributed by atoms with Crippen LogP contribution in [0.25, 0.3) is 0 Å². The van der Waals surface area contributed by atoms with E-state index in [4.69, 9.17) is 0 Å². The third-order valence-electron chi connectivity index (χ3n) is 4.51. The summed E-state index contributed by atoms with van der Waals surface area (Å²) in [4.78, 5) is 2.54. The minimum atomic E-state index is -0.368. The fraction of sp³-hybridized carbons (Fsp3) is 0.611. The molecule has 0 bridgehead atoms. The molecule has 0 aliphatic carbocycles. The number of likely N-dealkylation sites (tertiary alicyclic amines) is 1. The van der Waals surface area contributed by atoms with E-state index in [1.54, 1.807) is 0 Å². The highest BCUT2D eigenvalue weighted by Crippen LogP contribution is 2.27. The normalized spacial score (nSPS) is 21.9. The van der Waals surface area contributed by atoms with Crippen LogP contribution in [0.15, 0.2) is 30.3 Å². The van der Waals surface area contributed by atoms with Crippen molar-refractivity contribution in [1.29, 1.82) is 5.26 Å². The van der Waals surface area contributed by atoms with Crippen molar-refractivity contribution < 1.29 is 0 Å². The molecule has 1 aromatic carbocycles. The molecule has 3 nitrogen and oxygen atoms in total. The molecule has 0 spiro atoms. The lowest BCUT2D eigenvalue weighted by Crippen LogP contribution is -2.41. The first-order valence-electron chi connectivity index (χ1n) is 8.10. The van der Waals surface area contributed by atoms with Gasteiger partial charge >= 0.3 is 0 Å². The molecule has 2 rings (SSSR count). The zero-order chi connectivity index (χ0) is 15.1. The zero-order valence-electron chi connectivity index (χ0n) is 13.3. The van der Waals surface area contributed by atoms with Crippen LogP contribution in [0.5, 0.6) is 0 Å². The second-order valence-corrected chi connectivity index (χ2v) is 6.27. The SMILES string of the molecule is CCNC(C)(C#N)CCCN1CCC(c2ccccc2)C1. The number of rotatable bonds is 7. The van der Waals surface area contributed by atoms with Crippen molar-refractivity contribution in [2.45, 2.75) is 44.6 Å². The van der Waals surface area contributed by atoms with Gasteiger partial charge in [0, 0.05) is 6.54 Å². The lowest BCUT2D eigenvalue weighted by molar-refractivity contribution is 0.305. The van der Waals surface area contributed by atoms with Crippen molar-refractivity contribution >= 4 is 0 Å². The van der Waals surface area contributed by atoms with E-state index in [1.807, 2.05) is 6.92 Å². The lowest BCUT2D eigenvalue weighted by Gasteiger charge is -2.24. The van der Waals surface area contributed by atoms with Gasteiger partial charge in [-0.3, -0.25) is 5.32 Å². The predicted octanol–water partition coefficient (Wildman–Crippen LogP) is 3.15. The van der Waals surface area contributed by atoms with Gasteiger partial charge in [0.1, 0.15) is 5.54 Å². The molecule has 3 heteroatoms. The summed E-state index contributed by atoms with van der Waals surface area (Å²) in [6.45, 7) is 8.36. The third kappa shape index (κ3) is 4.56. The highest BCUT2D eigenvalue weighted by atomic mass is 15.1. The summed E-state index contributed by atoms with van der Waals surface area (Å²) in [6, 6.07) is 13.2. The summed E-state index contributed by atoms with van der Waals surface area (Å²) >= 11 is 0. The van der Waals surface area contributed by atoms with E-state index in [0.29, 0.717) is 5.92 Å². The van der Waals surface area contributed by atoms with Crippen molar-refractivity contribution in [2.75, 3.05) is 26.2 Å². The minimum Gasteiger partial charge on any atom is -0.303 e. The van der Waals surface area contributed by atoms with Gasteiger partial charge in [0.2, 0.25) is 0 Å². The number of nitrogens with zero attached hydrogens (tertiary/aromatic N) is 2. The molecule has 1 fully saturated rings. The Morgan fingerprint density at radius 3 is 2.81 bits per heavy atom. The Balaban J connectivity index is 1.75. The van der Waals surface area contributed by atoms with Gasteiger partial charge in [0.25, 0.3) is 0 Å². The van der Waals surface area contributed by atoms with E-state index in [2.05, 4.69) is 53.5 Å². The maximum absolute atomic E-state index is 9.27. The van der Waals surface area contributed by atoms with Crippen LogP contribution < -0.4 is 5.32 Å². The topological polar surface area (TPSA) is 39.1 Å². The van der Waals surface area contributed by atoms with E-state index in [1.165, 1.54) is 18.5 Å². The quantitative estimate of drug-likeness (QED) is 0.836. The predicted molar refractivity (Wildman–Crippen MR) is 87.2 cm³/mol. The molecule has 2 atom stereocenters. The van der Waals surface area contributed by atoms with Crippen LogP contribution in [-0.4, -0.2) is 36.6 Å². The van der Waals surface area contributed by atoms with Crippen molar-refractivity contribution in [2.24, 2.45) is 0 Å². The summed E-state index contributed by atoms with van der Waals surface area (Å²) in [5.41, 5.74) is 1.10. The summed E-state index contributed by atoms with van der Waals surface area (Å²) in [5.74, 6) is 0.683. The van der Waals surface area contributed by atoms with Crippen molar-refractivity contribution in [3.05, 3.63) is 35.9 Å². The van der Waals surface area contributed by atoms with Crippen LogP contribution >= 0.6 is 0 Å². The van der Waals surface area contributed by atoms with Crippen molar-refractivity contribution in [1.82, 2.24) is 10.2 Å². The molecule has 1 aliphatic heterocycles. The molecule has 1 N–H and O–H groups in total. The van der Waals surface area contributed by atoms with E-state index >= 15 is 0 Å². The van der Waals surface area contributed by atoms with Gasteiger partial charge in [-0.05, 0) is 57.3 Å². The maximum Gasteiger partial charge on any atom is 0.103 e. The Morgan fingerprint density at radius 2 is 2.14 bits per heavy atom. The van der Waals surface area contributed by atoms with E-state index < -0.39 is 0 Å². The maximum atomic E-state index is 9.27. The molecule has 21 heavy (non-hydrogen) atoms. The van der Waals surface area contributed by atoms with Gasteiger partial charge in [-0.1, -0.05) is 37.3 Å². The van der Waals surface area contributed by atoms with Gasteiger partial charge in [-0.25, -0.2) is 0 Å². The Bertz CT molecular complexity index is 465. The van der Waals surface area contributed by atoms with Crippen molar-refractivity contribution in [3.63, 3.8) is 0 Å². The van der Waals surface area contributed by atoms with Crippen LogP contribution in [0.3, 0.4) is 0 Å². The highest BCUT2D eigenvalue weighted by Gasteiger charge is 2.25. The molecule has 1 saturated heterocycles. The first-order chi connectivity index (χ1) is 10.2. The summed E-state index contributed by atoms with van der Waals surface area (Å²) < 4.78 is 0. The molecule has 0 aromatic heterocycles. The summed E-state index contributed by atoms with van der Waals surface area (Å²) in [6.07, 6.45) is 3.26. The number of hydrogen-bond donors (Lipinski definition) is 1. The Labute approximate surface area is 129 Å². The van der Waals surface area contributed by atoms with Gasteiger partial charge in [-0.15, -0.1) is 0 Å². The molecule has 0 saturated carbocycles. The average Bonchev–Trinajstić information content (AvgIpc) is 2.97. The standard InChI is InChI=1S/C18H27N3/c1-3-20-18(2,15-19)11-7-12-21-13-10-17(14-21)16-8-5-4-6-9-16/h4-6,8-9,17,20H,3,7,10-14H2,1-2H3. The van der Waals surface area contributed by atoms with Crippen molar-refractivity contribution in [3.8, 4) is 6.07 Å². The molecular weight excluding hydrogens is 258 g/mol. The molecule has 1 heterocycles. The minimum absolute atomic E-state index is 0.368. The summed E-state index contributed by atoms with van der Waals surface area (Å²) in [7, 11) is 0. The Morgan fingerprint density at radius 1 is 1.38 bits per heavy atom. The molecule has 1 aliphatic rings. The van der Waals surface area contributed by atoms with Gasteiger partial charge in [-0.2, -0.15) is 5.26 Å². The fourth-order valence-electron chi connectivity index (χ4n) is 3.26. The number of nitriles is 1. The molecular formula is C18H27N3. The zero-order valence-corrected chi connectivity index (χ0v) is 13.3. The second-order valence-electron chi connectivity index (χ2n) is 6.27. The van der Waals surface area contributed by atoms with Crippen LogP contribution in [0.1, 0.15) is 44.6 Å². The van der Waals surface area contributed by atoms with Gasteiger partial charge in [0.15, 0.2) is 0 Å². The van der Waals surface area contributed by atoms with Crippen LogP contribution in [-0.2, 0) is 0 Å². The Hall–Kier alpha value is -1.37. The Kier molecular flexibility index (Phi) is 5.78. The van der Waals surface area contributed by atoms with E-state index in [0.717, 1.165) is 32.5 Å². The number of hydrogen-bond acceptors (Lipinski definition) is 3. The van der Waals surface area contributed by atoms with Crippen LogP contribution in [0, 0.1) is 11.3 Å². The van der Waals surface area contributed by atoms with E-state index in [-0.39, 0.29) is 5.54 Å². The van der Waals surface area contributed by atoms with Crippen LogP contribution in [0.4, 0.5) is 0 Å². The molecule has 1 aromatic rings. The number of nitrogens with one attached hydrogen (secondary N) is 1. The smallest absolute Gasteiger partial charge is 0.103 e. The number of benzene rings is 1. The van der Waals surface area contributed by atoms with E-state index in [9.17, 15) is 5.26 Å². The monoisotopic (exact) mass is 285 g/mol. The highest BCUT2D eigenvalue weighted by molar-refractivity contribution is 5.21. The third-order valence-corrected chi connectivity index (χ3v) is 4.51. The first-order valence-corrected chi connectivity index (χ1v) is 8.10. The average molecular weight is 285 g/mol. The molecule has 114 valence electrons. The first kappa shape index (κ1) is 16.0. The van der Waals surface area contributed by atoms with Gasteiger partial charge in [0.05, 0.1) is 6.07 Å². The lowest BCUT2D eigenvalue weighted by atomic mass is 9.97. The van der Waals surface area contributed by atoms with Gasteiger partial charge < -0.3 is 4.90 Å². The fourth-order valence-corrected chi connectivity index (χ4v) is 3.26. The molecule has 2 unspecified atom stereocenters. The molecule has 0 radical (unpaired) electrons. The van der Waals surface area contributed by atoms with Crippen LogP contribution in [0.2, 0.25) is 0 Å². The molecule has 0 amide bonds. The summed E-state index contributed by atoms with van der Waals surface area (Å²) in [5, 5.41) is 12.6. The second kappa shape index (κ2) is 7.59.